The molecule has 0 atom stereocenters. The van der Waals surface area contributed by atoms with Gasteiger partial charge in [-0.05, 0) is 42.3 Å². The van der Waals surface area contributed by atoms with Gasteiger partial charge >= 0.3 is 0 Å². The Morgan fingerprint density at radius 2 is 1.67 bits per heavy atom. The van der Waals surface area contributed by atoms with Crippen molar-refractivity contribution in [2.45, 2.75) is 13.8 Å². The topological polar surface area (TPSA) is 55.7 Å². The van der Waals surface area contributed by atoms with E-state index in [0.29, 0.717) is 5.92 Å². The molecule has 1 aromatic carbocycles. The van der Waals surface area contributed by atoms with Gasteiger partial charge in [0.25, 0.3) is 0 Å². The van der Waals surface area contributed by atoms with E-state index in [1.165, 1.54) is 0 Å². The molecule has 154 valence electrons. The molecule has 0 radical (unpaired) electrons. The van der Waals surface area contributed by atoms with Crippen LogP contribution in [0.2, 0.25) is 0 Å². The molecule has 6 heteroatoms. The molecular weight excluding hydrogens is 374 g/mol. The van der Waals surface area contributed by atoms with Gasteiger partial charge in [0, 0.05) is 31.6 Å². The highest BCUT2D eigenvalue weighted by atomic mass is 16.3. The van der Waals surface area contributed by atoms with Crippen molar-refractivity contribution in [3.8, 4) is 17.0 Å². The number of phenolic OH excluding ortho intramolecular Hbond substituents is 1. The predicted octanol–water partition coefficient (Wildman–Crippen LogP) is 4.82. The number of aromatic hydroxyl groups is 1. The second-order valence-electron chi connectivity index (χ2n) is 7.92. The molecule has 0 saturated carbocycles. The van der Waals surface area contributed by atoms with Crippen LogP contribution < -0.4 is 9.80 Å². The van der Waals surface area contributed by atoms with Gasteiger partial charge in [0.1, 0.15) is 23.2 Å². The second-order valence-corrected chi connectivity index (χ2v) is 7.92. The molecule has 1 aliphatic heterocycles. The number of hydrogen-bond donors (Lipinski definition) is 1. The zero-order valence-corrected chi connectivity index (χ0v) is 17.6. The van der Waals surface area contributed by atoms with Crippen molar-refractivity contribution >= 4 is 17.5 Å². The van der Waals surface area contributed by atoms with Crippen molar-refractivity contribution in [2.24, 2.45) is 5.92 Å². The molecule has 0 unspecified atom stereocenters. The lowest BCUT2D eigenvalue weighted by Gasteiger charge is -2.26. The third-order valence-corrected chi connectivity index (χ3v) is 4.91. The zero-order chi connectivity index (χ0) is 21.1. The summed E-state index contributed by atoms with van der Waals surface area (Å²) in [5.74, 6) is 3.21. The largest absolute Gasteiger partial charge is 0.507 e. The molecule has 6 nitrogen and oxygen atoms in total. The monoisotopic (exact) mass is 401 g/mol. The van der Waals surface area contributed by atoms with Crippen molar-refractivity contribution in [1.29, 1.82) is 0 Å². The molecule has 0 saturated heterocycles. The minimum Gasteiger partial charge on any atom is -0.507 e. The highest BCUT2D eigenvalue weighted by molar-refractivity contribution is 5.69. The third kappa shape index (κ3) is 4.22. The minimum atomic E-state index is 0.225. The standard InChI is InChI=1S/C24H27N5O/c1-18(2)16-29(24-13-7-11-22(26-24)28-15-14-27(3)17-28)23-12-6-9-20(25-23)19-8-4-5-10-21(19)30/h4-15,18,30H,16-17H2,1-3H3. The first kappa shape index (κ1) is 19.8. The van der Waals surface area contributed by atoms with Gasteiger partial charge in [0.05, 0.1) is 12.4 Å². The fourth-order valence-electron chi connectivity index (χ4n) is 3.48. The van der Waals surface area contributed by atoms with Crippen molar-refractivity contribution in [3.05, 3.63) is 73.1 Å². The molecule has 2 aromatic heterocycles. The van der Waals surface area contributed by atoms with Crippen molar-refractivity contribution in [1.82, 2.24) is 14.9 Å². The fourth-order valence-corrected chi connectivity index (χ4v) is 3.48. The highest BCUT2D eigenvalue weighted by Gasteiger charge is 2.18. The molecule has 0 amide bonds. The summed E-state index contributed by atoms with van der Waals surface area (Å²) in [5.41, 5.74) is 1.45. The number of nitrogens with zero attached hydrogens (tertiary/aromatic N) is 5. The first-order chi connectivity index (χ1) is 14.5. The number of aromatic nitrogens is 2. The Morgan fingerprint density at radius 3 is 2.37 bits per heavy atom. The summed E-state index contributed by atoms with van der Waals surface area (Å²) in [6.07, 6.45) is 4.08. The Labute approximate surface area is 177 Å². The van der Waals surface area contributed by atoms with Crippen LogP contribution in [-0.4, -0.2) is 40.2 Å². The van der Waals surface area contributed by atoms with E-state index in [-0.39, 0.29) is 5.75 Å². The lowest BCUT2D eigenvalue weighted by molar-refractivity contribution is 0.477. The van der Waals surface area contributed by atoms with Crippen LogP contribution in [0.1, 0.15) is 13.8 Å². The highest BCUT2D eigenvalue weighted by Crippen LogP contribution is 2.31. The SMILES string of the molecule is CC(C)CN(c1cccc(-c2ccccc2O)n1)c1cccc(N2C=CN(C)C2)n1. The van der Waals surface area contributed by atoms with Crippen LogP contribution in [-0.2, 0) is 0 Å². The maximum Gasteiger partial charge on any atom is 0.136 e. The third-order valence-electron chi connectivity index (χ3n) is 4.91. The number of anilines is 3. The number of hydrogen-bond acceptors (Lipinski definition) is 6. The van der Waals surface area contributed by atoms with E-state index in [1.807, 2.05) is 74.0 Å². The predicted molar refractivity (Wildman–Crippen MR) is 122 cm³/mol. The Balaban J connectivity index is 1.71. The van der Waals surface area contributed by atoms with E-state index in [2.05, 4.69) is 28.5 Å². The summed E-state index contributed by atoms with van der Waals surface area (Å²) in [6.45, 7) is 5.93. The molecule has 3 aromatic rings. The van der Waals surface area contributed by atoms with E-state index in [1.54, 1.807) is 6.07 Å². The molecule has 1 aliphatic rings. The van der Waals surface area contributed by atoms with E-state index in [4.69, 9.17) is 9.97 Å². The number of benzene rings is 1. The van der Waals surface area contributed by atoms with E-state index < -0.39 is 0 Å². The summed E-state index contributed by atoms with van der Waals surface area (Å²) >= 11 is 0. The molecule has 0 bridgehead atoms. The van der Waals surface area contributed by atoms with Gasteiger partial charge in [-0.1, -0.05) is 38.1 Å². The fraction of sp³-hybridized carbons (Fsp3) is 0.250. The van der Waals surface area contributed by atoms with E-state index in [9.17, 15) is 5.11 Å². The lowest BCUT2D eigenvalue weighted by atomic mass is 10.1. The normalized spacial score (nSPS) is 13.3. The van der Waals surface area contributed by atoms with Crippen molar-refractivity contribution in [2.75, 3.05) is 30.1 Å². The first-order valence-corrected chi connectivity index (χ1v) is 10.2. The summed E-state index contributed by atoms with van der Waals surface area (Å²) < 4.78 is 0. The van der Waals surface area contributed by atoms with Gasteiger partial charge < -0.3 is 19.8 Å². The molecule has 4 rings (SSSR count). The Bertz CT molecular complexity index is 1050. The Kier molecular flexibility index (Phi) is 5.57. The molecule has 0 fully saturated rings. The van der Waals surface area contributed by atoms with Crippen LogP contribution in [0.3, 0.4) is 0 Å². The summed E-state index contributed by atoms with van der Waals surface area (Å²) in [5, 5.41) is 10.3. The molecule has 1 N–H and O–H groups in total. The molecular formula is C24H27N5O. The number of rotatable bonds is 6. The molecule has 30 heavy (non-hydrogen) atoms. The van der Waals surface area contributed by atoms with Crippen LogP contribution >= 0.6 is 0 Å². The Morgan fingerprint density at radius 1 is 0.933 bits per heavy atom. The van der Waals surface area contributed by atoms with Crippen molar-refractivity contribution in [3.63, 3.8) is 0 Å². The zero-order valence-electron chi connectivity index (χ0n) is 17.6. The molecule has 0 aliphatic carbocycles. The maximum absolute atomic E-state index is 10.3. The second kappa shape index (κ2) is 8.45. The van der Waals surface area contributed by atoms with Crippen LogP contribution in [0.25, 0.3) is 11.3 Å². The van der Waals surface area contributed by atoms with Gasteiger partial charge in [0.15, 0.2) is 0 Å². The average Bonchev–Trinajstić information content (AvgIpc) is 3.19. The molecule has 0 spiro atoms. The van der Waals surface area contributed by atoms with Gasteiger partial charge in [-0.25, -0.2) is 9.97 Å². The van der Waals surface area contributed by atoms with Gasteiger partial charge in [-0.15, -0.1) is 0 Å². The first-order valence-electron chi connectivity index (χ1n) is 10.2. The Hall–Kier alpha value is -3.54. The smallest absolute Gasteiger partial charge is 0.136 e. The van der Waals surface area contributed by atoms with Crippen LogP contribution in [0.4, 0.5) is 17.5 Å². The number of phenols is 1. The van der Waals surface area contributed by atoms with Crippen LogP contribution in [0.5, 0.6) is 5.75 Å². The minimum absolute atomic E-state index is 0.225. The van der Waals surface area contributed by atoms with E-state index >= 15 is 0 Å². The quantitative estimate of drug-likeness (QED) is 0.639. The van der Waals surface area contributed by atoms with Gasteiger partial charge in [-0.2, -0.15) is 0 Å². The van der Waals surface area contributed by atoms with Crippen LogP contribution in [0, 0.1) is 5.92 Å². The van der Waals surface area contributed by atoms with Gasteiger partial charge in [0.2, 0.25) is 0 Å². The summed E-state index contributed by atoms with van der Waals surface area (Å²) in [6, 6.07) is 19.2. The summed E-state index contributed by atoms with van der Waals surface area (Å²) in [4.78, 5) is 16.1. The maximum atomic E-state index is 10.3. The van der Waals surface area contributed by atoms with Crippen molar-refractivity contribution < 1.29 is 5.11 Å². The summed E-state index contributed by atoms with van der Waals surface area (Å²) in [7, 11) is 2.04. The van der Waals surface area contributed by atoms with E-state index in [0.717, 1.165) is 41.9 Å². The number of para-hydroxylation sites is 1. The van der Waals surface area contributed by atoms with Crippen LogP contribution in [0.15, 0.2) is 73.1 Å². The average molecular weight is 402 g/mol. The number of pyridine rings is 2. The lowest BCUT2D eigenvalue weighted by Crippen LogP contribution is -2.26. The van der Waals surface area contributed by atoms with Gasteiger partial charge in [-0.3, -0.25) is 0 Å². The molecule has 3 heterocycles.